The van der Waals surface area contributed by atoms with Crippen LogP contribution in [0.4, 0.5) is 0 Å². The van der Waals surface area contributed by atoms with Crippen molar-refractivity contribution >= 4 is 5.78 Å². The summed E-state index contributed by atoms with van der Waals surface area (Å²) in [4.78, 5) is 15.9. The first-order valence-electron chi connectivity index (χ1n) is 5.71. The highest BCUT2D eigenvalue weighted by atomic mass is 16.5. The molecule has 1 aromatic heterocycles. The van der Waals surface area contributed by atoms with Gasteiger partial charge in [0.05, 0.1) is 12.8 Å². The maximum atomic E-state index is 11.6. The third-order valence-electron chi connectivity index (χ3n) is 2.73. The van der Waals surface area contributed by atoms with Gasteiger partial charge in [-0.15, -0.1) is 0 Å². The van der Waals surface area contributed by atoms with Crippen LogP contribution in [-0.4, -0.2) is 29.6 Å². The van der Waals surface area contributed by atoms with Crippen molar-refractivity contribution < 1.29 is 14.6 Å². The average molecular weight is 237 g/mol. The van der Waals surface area contributed by atoms with E-state index in [4.69, 9.17) is 9.84 Å². The van der Waals surface area contributed by atoms with Gasteiger partial charge in [-0.25, -0.2) is 0 Å². The SMILES string of the molecule is COc1c(C)cnc(CC(=O)CCCO)c1C. The highest BCUT2D eigenvalue weighted by Crippen LogP contribution is 2.24. The molecule has 0 saturated heterocycles. The Bertz CT molecular complexity index is 402. The van der Waals surface area contributed by atoms with E-state index in [1.165, 1.54) is 0 Å². The first-order chi connectivity index (χ1) is 8.10. The van der Waals surface area contributed by atoms with Crippen molar-refractivity contribution in [1.29, 1.82) is 0 Å². The van der Waals surface area contributed by atoms with Crippen molar-refractivity contribution in [3.63, 3.8) is 0 Å². The average Bonchev–Trinajstić information content (AvgIpc) is 2.31. The second-order valence-corrected chi connectivity index (χ2v) is 4.09. The van der Waals surface area contributed by atoms with Crippen LogP contribution >= 0.6 is 0 Å². The number of aryl methyl sites for hydroxylation is 1. The number of pyridine rings is 1. The lowest BCUT2D eigenvalue weighted by Gasteiger charge is -2.11. The number of ketones is 1. The van der Waals surface area contributed by atoms with Crippen LogP contribution in [0.5, 0.6) is 5.75 Å². The van der Waals surface area contributed by atoms with Crippen molar-refractivity contribution in [2.24, 2.45) is 0 Å². The summed E-state index contributed by atoms with van der Waals surface area (Å²) in [6.07, 6.45) is 2.94. The number of carbonyl (C=O) groups excluding carboxylic acids is 1. The zero-order chi connectivity index (χ0) is 12.8. The summed E-state index contributed by atoms with van der Waals surface area (Å²) in [6, 6.07) is 0. The smallest absolute Gasteiger partial charge is 0.138 e. The number of aliphatic hydroxyl groups is 1. The molecule has 0 fully saturated rings. The summed E-state index contributed by atoms with van der Waals surface area (Å²) in [5.41, 5.74) is 2.65. The standard InChI is InChI=1S/C13H19NO3/c1-9-8-14-12(10(2)13(9)17-3)7-11(16)5-4-6-15/h8,15H,4-7H2,1-3H3. The maximum Gasteiger partial charge on any atom is 0.138 e. The van der Waals surface area contributed by atoms with E-state index in [2.05, 4.69) is 4.98 Å². The monoisotopic (exact) mass is 237 g/mol. The summed E-state index contributed by atoms with van der Waals surface area (Å²) in [7, 11) is 1.62. The van der Waals surface area contributed by atoms with Crippen molar-refractivity contribution in [2.45, 2.75) is 33.1 Å². The van der Waals surface area contributed by atoms with Gasteiger partial charge in [-0.3, -0.25) is 9.78 Å². The second kappa shape index (κ2) is 6.35. The van der Waals surface area contributed by atoms with Crippen LogP contribution in [-0.2, 0) is 11.2 Å². The predicted octanol–water partition coefficient (Wildman–Crippen LogP) is 1.59. The Hall–Kier alpha value is -1.42. The van der Waals surface area contributed by atoms with Gasteiger partial charge in [0.25, 0.3) is 0 Å². The molecule has 1 heterocycles. The zero-order valence-electron chi connectivity index (χ0n) is 10.6. The Kier molecular flexibility index (Phi) is 5.10. The molecule has 0 radical (unpaired) electrons. The summed E-state index contributed by atoms with van der Waals surface area (Å²) in [5.74, 6) is 0.894. The molecule has 0 atom stereocenters. The number of Topliss-reactive ketones (excluding diaryl/α,β-unsaturated/α-hetero) is 1. The van der Waals surface area contributed by atoms with Gasteiger partial charge in [-0.2, -0.15) is 0 Å². The molecule has 0 spiro atoms. The number of rotatable bonds is 6. The molecular weight excluding hydrogens is 218 g/mol. The van der Waals surface area contributed by atoms with Crippen molar-refractivity contribution in [2.75, 3.05) is 13.7 Å². The molecule has 0 aliphatic heterocycles. The minimum Gasteiger partial charge on any atom is -0.496 e. The lowest BCUT2D eigenvalue weighted by atomic mass is 10.0. The van der Waals surface area contributed by atoms with Gasteiger partial charge in [-0.05, 0) is 20.3 Å². The van der Waals surface area contributed by atoms with Crippen molar-refractivity contribution in [1.82, 2.24) is 4.98 Å². The zero-order valence-corrected chi connectivity index (χ0v) is 10.6. The summed E-state index contributed by atoms with van der Waals surface area (Å²) >= 11 is 0. The molecule has 0 amide bonds. The van der Waals surface area contributed by atoms with Gasteiger partial charge in [0.2, 0.25) is 0 Å². The van der Waals surface area contributed by atoms with E-state index in [-0.39, 0.29) is 12.4 Å². The fraction of sp³-hybridized carbons (Fsp3) is 0.538. The lowest BCUT2D eigenvalue weighted by molar-refractivity contribution is -0.118. The molecule has 0 saturated carbocycles. The minimum absolute atomic E-state index is 0.0510. The quantitative estimate of drug-likeness (QED) is 0.816. The van der Waals surface area contributed by atoms with E-state index in [9.17, 15) is 4.79 Å². The van der Waals surface area contributed by atoms with Crippen LogP contribution in [0, 0.1) is 13.8 Å². The highest BCUT2D eigenvalue weighted by Gasteiger charge is 2.12. The Labute approximate surface area is 102 Å². The molecule has 1 rings (SSSR count). The first-order valence-corrected chi connectivity index (χ1v) is 5.71. The van der Waals surface area contributed by atoms with Gasteiger partial charge >= 0.3 is 0 Å². The van der Waals surface area contributed by atoms with E-state index in [0.29, 0.717) is 19.3 Å². The number of aromatic nitrogens is 1. The fourth-order valence-corrected chi connectivity index (χ4v) is 1.80. The largest absolute Gasteiger partial charge is 0.496 e. The number of methoxy groups -OCH3 is 1. The first kappa shape index (κ1) is 13.6. The number of hydrogen-bond acceptors (Lipinski definition) is 4. The Morgan fingerprint density at radius 1 is 1.47 bits per heavy atom. The third kappa shape index (κ3) is 3.53. The molecule has 0 aliphatic rings. The maximum absolute atomic E-state index is 11.6. The second-order valence-electron chi connectivity index (χ2n) is 4.09. The van der Waals surface area contributed by atoms with Crippen LogP contribution in [0.1, 0.15) is 29.7 Å². The van der Waals surface area contributed by atoms with Crippen molar-refractivity contribution in [3.8, 4) is 5.75 Å². The Morgan fingerprint density at radius 3 is 2.76 bits per heavy atom. The van der Waals surface area contributed by atoms with Gasteiger partial charge in [0, 0.05) is 36.8 Å². The number of hydrogen-bond donors (Lipinski definition) is 1. The van der Waals surface area contributed by atoms with Crippen LogP contribution in [0.3, 0.4) is 0 Å². The summed E-state index contributed by atoms with van der Waals surface area (Å²) in [5, 5.41) is 8.67. The topological polar surface area (TPSA) is 59.4 Å². The van der Waals surface area contributed by atoms with E-state index in [0.717, 1.165) is 22.6 Å². The predicted molar refractivity (Wildman–Crippen MR) is 65.3 cm³/mol. The van der Waals surface area contributed by atoms with Crippen molar-refractivity contribution in [3.05, 3.63) is 23.0 Å². The molecule has 1 N–H and O–H groups in total. The molecule has 94 valence electrons. The fourth-order valence-electron chi connectivity index (χ4n) is 1.80. The van der Waals surface area contributed by atoms with E-state index in [1.807, 2.05) is 13.8 Å². The van der Waals surface area contributed by atoms with Gasteiger partial charge in [0.15, 0.2) is 0 Å². The normalized spacial score (nSPS) is 10.4. The molecule has 0 bridgehead atoms. The highest BCUT2D eigenvalue weighted by molar-refractivity contribution is 5.80. The van der Waals surface area contributed by atoms with Crippen LogP contribution in [0.2, 0.25) is 0 Å². The summed E-state index contributed by atoms with van der Waals surface area (Å²) < 4.78 is 5.29. The van der Waals surface area contributed by atoms with Gasteiger partial charge in [0.1, 0.15) is 11.5 Å². The van der Waals surface area contributed by atoms with Crippen LogP contribution in [0.25, 0.3) is 0 Å². The molecule has 17 heavy (non-hydrogen) atoms. The molecule has 4 nitrogen and oxygen atoms in total. The molecule has 0 aromatic carbocycles. The van der Waals surface area contributed by atoms with E-state index < -0.39 is 0 Å². The Morgan fingerprint density at radius 2 is 2.18 bits per heavy atom. The van der Waals surface area contributed by atoms with Crippen LogP contribution in [0.15, 0.2) is 6.20 Å². The molecule has 0 unspecified atom stereocenters. The molecular formula is C13H19NO3. The van der Waals surface area contributed by atoms with E-state index >= 15 is 0 Å². The number of aliphatic hydroxyl groups excluding tert-OH is 1. The third-order valence-corrected chi connectivity index (χ3v) is 2.73. The molecule has 4 heteroatoms. The van der Waals surface area contributed by atoms with Gasteiger partial charge < -0.3 is 9.84 Å². The van der Waals surface area contributed by atoms with Gasteiger partial charge in [-0.1, -0.05) is 0 Å². The molecule has 0 aliphatic carbocycles. The van der Waals surface area contributed by atoms with Crippen LogP contribution < -0.4 is 4.74 Å². The number of nitrogens with zero attached hydrogens (tertiary/aromatic N) is 1. The number of ether oxygens (including phenoxy) is 1. The lowest BCUT2D eigenvalue weighted by Crippen LogP contribution is -2.08. The van der Waals surface area contributed by atoms with E-state index in [1.54, 1.807) is 13.3 Å². The minimum atomic E-state index is 0.0510. The molecule has 1 aromatic rings. The number of carbonyl (C=O) groups is 1. The summed E-state index contributed by atoms with van der Waals surface area (Å²) in [6.45, 7) is 3.89. The Balaban J connectivity index is 2.81.